The minimum Gasteiger partial charge on any atom is -0.773 e. The molecular formula is C33H26BrF6N4NaO12S4. The summed E-state index contributed by atoms with van der Waals surface area (Å²) in [5.74, 6) is -4.35. The number of alkyl halides is 4. The number of sulfonamides is 2. The largest absolute Gasteiger partial charge is 1.00 e. The summed E-state index contributed by atoms with van der Waals surface area (Å²) in [6, 6.07) is 11.4. The van der Waals surface area contributed by atoms with Crippen LogP contribution >= 0.6 is 15.9 Å². The molecule has 2 aliphatic rings. The number of benzene rings is 4. The van der Waals surface area contributed by atoms with Gasteiger partial charge in [0.05, 0.1) is 16.3 Å². The maximum atomic E-state index is 14.2. The molecule has 16 nitrogen and oxygen atoms in total. The second kappa shape index (κ2) is 17.9. The molecule has 0 radical (unpaired) electrons. The van der Waals surface area contributed by atoms with Crippen molar-refractivity contribution in [1.29, 1.82) is 0 Å². The third kappa shape index (κ3) is 11.2. The van der Waals surface area contributed by atoms with Crippen molar-refractivity contribution in [3.05, 3.63) is 89.2 Å². The predicted octanol–water partition coefficient (Wildman–Crippen LogP) is 4.16. The zero-order chi connectivity index (χ0) is 43.5. The number of rotatable bonds is 7. The standard InChI is InChI=1S/C16H11F3N2O6S2.C15H8BrF3N2O4S.CH4O2S.CH4.Na/c1-28(22,23)8-2-3-9-11(4-8)20-7-15(9)29(24,25)21-12-6-14-13(5-10(12)17)26-16(18,19)27-14;16-7-1-2-8-10(3-7)20-6-14(8)26(22,23)21-11-5-13-12(4-9(11)17)24-15(18,19)25-13;1-4(2)3;;/h2-7,20-21H,1H3;1-6,20-21H;1H3,(H,2,3);1H4;/q;;;;+1/p-1. The van der Waals surface area contributed by atoms with E-state index < -0.39 is 99.6 Å². The summed E-state index contributed by atoms with van der Waals surface area (Å²) >= 11 is 1.41. The van der Waals surface area contributed by atoms with Gasteiger partial charge in [-0.3, -0.25) is 13.7 Å². The Hall–Kier alpha value is -4.22. The molecule has 0 saturated carbocycles. The fraction of sp³-hybridized carbons (Fsp3) is 0.152. The van der Waals surface area contributed by atoms with Crippen LogP contribution < -0.4 is 57.9 Å². The third-order valence-corrected chi connectivity index (χ3v) is 12.1. The average molecular weight is 1020 g/mol. The van der Waals surface area contributed by atoms with Crippen molar-refractivity contribution in [3.63, 3.8) is 0 Å². The first-order chi connectivity index (χ1) is 27.2. The van der Waals surface area contributed by atoms with Crippen molar-refractivity contribution in [1.82, 2.24) is 9.97 Å². The molecule has 324 valence electrons. The molecule has 2 aromatic heterocycles. The van der Waals surface area contributed by atoms with E-state index in [1.807, 2.05) is 9.44 Å². The Bertz CT molecular complexity index is 3030. The smallest absolute Gasteiger partial charge is 0.773 e. The van der Waals surface area contributed by atoms with Gasteiger partial charge >= 0.3 is 42.1 Å². The van der Waals surface area contributed by atoms with E-state index in [1.165, 1.54) is 24.4 Å². The molecule has 2 aliphatic heterocycles. The average Bonchev–Trinajstić information content (AvgIpc) is 3.85. The number of aromatic amines is 2. The first kappa shape index (κ1) is 49.4. The van der Waals surface area contributed by atoms with Gasteiger partial charge < -0.3 is 33.5 Å². The summed E-state index contributed by atoms with van der Waals surface area (Å²) in [5, 5.41) is 0.533. The molecule has 0 bridgehead atoms. The van der Waals surface area contributed by atoms with Crippen LogP contribution in [0.5, 0.6) is 23.0 Å². The quantitative estimate of drug-likeness (QED) is 0.100. The molecule has 0 amide bonds. The zero-order valence-electron chi connectivity index (χ0n) is 30.1. The first-order valence-electron chi connectivity index (χ1n) is 15.6. The van der Waals surface area contributed by atoms with Gasteiger partial charge in [-0.1, -0.05) is 46.6 Å². The number of H-pyrrole nitrogens is 2. The number of anilines is 2. The van der Waals surface area contributed by atoms with Gasteiger partial charge in [0.25, 0.3) is 20.0 Å². The van der Waals surface area contributed by atoms with Crippen molar-refractivity contribution in [2.24, 2.45) is 0 Å². The van der Waals surface area contributed by atoms with Crippen LogP contribution in [-0.4, -0.2) is 69.1 Å². The van der Waals surface area contributed by atoms with Gasteiger partial charge in [-0.25, -0.2) is 34.0 Å². The van der Waals surface area contributed by atoms with Crippen LogP contribution in [0.3, 0.4) is 0 Å². The van der Waals surface area contributed by atoms with Crippen molar-refractivity contribution < 1.29 is 109 Å². The van der Waals surface area contributed by atoms with E-state index in [2.05, 4.69) is 44.8 Å². The minimum atomic E-state index is -4.37. The number of hydrogen-bond donors (Lipinski definition) is 4. The summed E-state index contributed by atoms with van der Waals surface area (Å²) in [6.45, 7) is 0. The fourth-order valence-electron chi connectivity index (χ4n) is 5.32. The minimum absolute atomic E-state index is 0. The van der Waals surface area contributed by atoms with Crippen molar-refractivity contribution in [2.45, 2.75) is 34.7 Å². The van der Waals surface area contributed by atoms with Crippen molar-refractivity contribution >= 4 is 90.1 Å². The van der Waals surface area contributed by atoms with Crippen LogP contribution in [0.25, 0.3) is 21.8 Å². The predicted molar refractivity (Wildman–Crippen MR) is 206 cm³/mol. The molecule has 0 saturated heterocycles. The Morgan fingerprint density at radius 2 is 1.03 bits per heavy atom. The van der Waals surface area contributed by atoms with E-state index in [0.29, 0.717) is 23.0 Å². The Kier molecular flexibility index (Phi) is 14.5. The summed E-state index contributed by atoms with van der Waals surface area (Å²) in [6.07, 6.45) is -3.49. The summed E-state index contributed by atoms with van der Waals surface area (Å²) in [4.78, 5) is 5.00. The topological polar surface area (TPSA) is 235 Å². The monoisotopic (exact) mass is 1010 g/mol. The third-order valence-electron chi connectivity index (χ3n) is 7.70. The fourth-order valence-corrected chi connectivity index (χ4v) is 8.81. The Morgan fingerprint density at radius 3 is 1.43 bits per heavy atom. The summed E-state index contributed by atoms with van der Waals surface area (Å²) in [7, 11) is -12.1. The molecule has 0 fully saturated rings. The van der Waals surface area contributed by atoms with Crippen LogP contribution in [0, 0.1) is 11.6 Å². The Labute approximate surface area is 375 Å². The molecular weight excluding hydrogens is 990 g/mol. The number of nitrogens with one attached hydrogen (secondary N) is 4. The molecule has 0 spiro atoms. The molecule has 8 rings (SSSR count). The molecule has 1 atom stereocenters. The Morgan fingerprint density at radius 1 is 0.672 bits per heavy atom. The van der Waals surface area contributed by atoms with Gasteiger partial charge in [0.15, 0.2) is 44.5 Å². The molecule has 61 heavy (non-hydrogen) atoms. The van der Waals surface area contributed by atoms with Crippen LogP contribution in [0.15, 0.2) is 92.2 Å². The number of sulfone groups is 1. The molecule has 28 heteroatoms. The van der Waals surface area contributed by atoms with E-state index in [-0.39, 0.29) is 62.6 Å². The van der Waals surface area contributed by atoms with Gasteiger partial charge in [0, 0.05) is 69.2 Å². The van der Waals surface area contributed by atoms with E-state index in [4.69, 9.17) is 8.76 Å². The molecule has 4 N–H and O–H groups in total. The first-order valence-corrected chi connectivity index (χ1v) is 22.7. The van der Waals surface area contributed by atoms with Gasteiger partial charge in [0.2, 0.25) is 0 Å². The number of halogens is 7. The summed E-state index contributed by atoms with van der Waals surface area (Å²) in [5.41, 5.74) is -0.409. The number of fused-ring (bicyclic) bond motifs is 4. The van der Waals surface area contributed by atoms with Crippen LogP contribution in [0.2, 0.25) is 0 Å². The number of hydrogen-bond acceptors (Lipinski definition) is 12. The molecule has 4 aromatic carbocycles. The zero-order valence-corrected chi connectivity index (χ0v) is 37.0. The van der Waals surface area contributed by atoms with E-state index in [9.17, 15) is 51.6 Å². The van der Waals surface area contributed by atoms with Crippen LogP contribution in [0.4, 0.5) is 37.7 Å². The number of aromatic nitrogens is 2. The normalized spacial score (nSPS) is 15.0. The maximum absolute atomic E-state index is 14.2. The van der Waals surface area contributed by atoms with E-state index in [0.717, 1.165) is 35.3 Å². The SMILES string of the molecule is C.CS(=O)(=O)c1ccc2c(S(=O)(=O)Nc3cc4c(cc3F)OC(F)(F)O4)c[nH]c2c1.CS(=O)[O-].O=S(=O)(Nc1cc2c(cc1F)OC(F)(F)O2)c1c[nH]c2cc(Br)ccc12.[Na+]. The summed E-state index contributed by atoms with van der Waals surface area (Å²) < 4.78 is 194. The van der Waals surface area contributed by atoms with Gasteiger partial charge in [-0.2, -0.15) is 0 Å². The van der Waals surface area contributed by atoms with Crippen LogP contribution in [-0.2, 0) is 41.0 Å². The van der Waals surface area contributed by atoms with E-state index >= 15 is 0 Å². The molecule has 4 heterocycles. The second-order valence-electron chi connectivity index (χ2n) is 12.0. The number of ether oxygens (including phenoxy) is 4. The molecule has 1 unspecified atom stereocenters. The van der Waals surface area contributed by atoms with Gasteiger partial charge in [0.1, 0.15) is 9.79 Å². The Balaban J connectivity index is 0.000000241. The van der Waals surface area contributed by atoms with Crippen LogP contribution in [0.1, 0.15) is 7.43 Å². The van der Waals surface area contributed by atoms with E-state index in [1.54, 1.807) is 18.2 Å². The van der Waals surface area contributed by atoms with Gasteiger partial charge in [-0.05, 0) is 30.5 Å². The van der Waals surface area contributed by atoms with Gasteiger partial charge in [-0.15, -0.1) is 17.6 Å². The van der Waals surface area contributed by atoms with Crippen molar-refractivity contribution in [2.75, 3.05) is 22.0 Å². The second-order valence-corrected chi connectivity index (χ2v) is 19.0. The molecule has 6 aromatic rings. The molecule has 0 aliphatic carbocycles. The van der Waals surface area contributed by atoms with Crippen molar-refractivity contribution in [3.8, 4) is 23.0 Å². The maximum Gasteiger partial charge on any atom is 1.00 e.